The molecule has 1 N–H and O–H groups in total. The molecule has 0 aliphatic carbocycles. The van der Waals surface area contributed by atoms with Gasteiger partial charge in [-0.25, -0.2) is 4.79 Å². The third-order valence-electron chi connectivity index (χ3n) is 4.05. The van der Waals surface area contributed by atoms with Gasteiger partial charge in [0.05, 0.1) is 32.1 Å². The summed E-state index contributed by atoms with van der Waals surface area (Å²) in [5.74, 6) is 0. The number of fused-ring (bicyclic) bond motifs is 1. The average molecular weight is 413 g/mol. The van der Waals surface area contributed by atoms with E-state index in [9.17, 15) is 35.1 Å². The Morgan fingerprint density at radius 1 is 0.933 bits per heavy atom. The summed E-state index contributed by atoms with van der Waals surface area (Å²) in [6.07, 6.45) is 0. The number of nitrogens with zero attached hydrogens (tertiary/aromatic N) is 4. The lowest BCUT2D eigenvalue weighted by molar-refractivity contribution is -0.393. The molecule has 0 aliphatic heterocycles. The molecule has 3 rings (SSSR count). The van der Waals surface area contributed by atoms with Crippen molar-refractivity contribution in [2.75, 3.05) is 5.43 Å². The summed E-state index contributed by atoms with van der Waals surface area (Å²) < 4.78 is 5.13. The SMILES string of the molecule is CC(=NNc1ccc([N+](=O)[O-])cc1[N+](=O)[O-])c1cc2cc([N+](=O)[O-])ccc2oc1=O. The molecule has 0 saturated heterocycles. The molecule has 2 aromatic carbocycles. The van der Waals surface area contributed by atoms with Crippen LogP contribution in [0.2, 0.25) is 0 Å². The fourth-order valence-corrected chi connectivity index (χ4v) is 2.56. The normalized spacial score (nSPS) is 11.3. The Labute approximate surface area is 165 Å². The lowest BCUT2D eigenvalue weighted by Crippen LogP contribution is -2.13. The lowest BCUT2D eigenvalue weighted by Gasteiger charge is -2.05. The molecule has 1 aromatic heterocycles. The number of hydrazone groups is 1. The van der Waals surface area contributed by atoms with Gasteiger partial charge in [0.25, 0.3) is 11.4 Å². The molecule has 0 unspecified atom stereocenters. The maximum atomic E-state index is 12.2. The number of benzene rings is 2. The van der Waals surface area contributed by atoms with E-state index in [0.29, 0.717) is 0 Å². The molecule has 0 spiro atoms. The van der Waals surface area contributed by atoms with Crippen LogP contribution in [0.3, 0.4) is 0 Å². The quantitative estimate of drug-likeness (QED) is 0.274. The highest BCUT2D eigenvalue weighted by Gasteiger charge is 2.19. The van der Waals surface area contributed by atoms with Crippen LogP contribution >= 0.6 is 0 Å². The summed E-state index contributed by atoms with van der Waals surface area (Å²) in [5.41, 5.74) is 0.438. The molecule has 152 valence electrons. The first-order chi connectivity index (χ1) is 14.2. The highest BCUT2D eigenvalue weighted by Crippen LogP contribution is 2.29. The molecule has 0 amide bonds. The van der Waals surface area contributed by atoms with Gasteiger partial charge in [0.2, 0.25) is 0 Å². The van der Waals surface area contributed by atoms with Gasteiger partial charge in [0.15, 0.2) is 0 Å². The van der Waals surface area contributed by atoms with E-state index in [1.807, 2.05) is 0 Å². The van der Waals surface area contributed by atoms with Crippen molar-refractivity contribution in [1.82, 2.24) is 0 Å². The van der Waals surface area contributed by atoms with Crippen LogP contribution in [0.4, 0.5) is 22.7 Å². The number of nitro groups is 3. The van der Waals surface area contributed by atoms with Gasteiger partial charge >= 0.3 is 11.3 Å². The summed E-state index contributed by atoms with van der Waals surface area (Å²) in [6.45, 7) is 1.42. The smallest absolute Gasteiger partial charge is 0.345 e. The van der Waals surface area contributed by atoms with Crippen LogP contribution < -0.4 is 11.1 Å². The van der Waals surface area contributed by atoms with Gasteiger partial charge in [-0.15, -0.1) is 0 Å². The number of non-ortho nitro benzene ring substituents is 2. The average Bonchev–Trinajstić information content (AvgIpc) is 2.70. The maximum absolute atomic E-state index is 12.2. The van der Waals surface area contributed by atoms with Crippen LogP contribution in [-0.2, 0) is 0 Å². The molecule has 0 atom stereocenters. The number of rotatable bonds is 6. The van der Waals surface area contributed by atoms with E-state index in [1.54, 1.807) is 0 Å². The fraction of sp³-hybridized carbons (Fsp3) is 0.0588. The van der Waals surface area contributed by atoms with Crippen LogP contribution in [0, 0.1) is 30.3 Å². The molecule has 1 heterocycles. The van der Waals surface area contributed by atoms with Crippen LogP contribution in [0.15, 0.2) is 56.8 Å². The Morgan fingerprint density at radius 2 is 1.57 bits per heavy atom. The van der Waals surface area contributed by atoms with E-state index in [1.165, 1.54) is 31.2 Å². The Hall–Kier alpha value is -4.68. The van der Waals surface area contributed by atoms with Gasteiger partial charge in [-0.3, -0.25) is 35.8 Å². The summed E-state index contributed by atoms with van der Waals surface area (Å²) in [7, 11) is 0. The molecule has 3 aromatic rings. The highest BCUT2D eigenvalue weighted by atomic mass is 16.6. The standard InChI is InChI=1S/C17H11N5O8/c1-9(18-19-14-4-2-12(21(26)27)8-15(14)22(28)29)13-7-10-6-11(20(24)25)3-5-16(10)30-17(13)23/h2-8,19H,1H3. The molecule has 0 aliphatic rings. The van der Waals surface area contributed by atoms with E-state index in [4.69, 9.17) is 4.42 Å². The third-order valence-corrected chi connectivity index (χ3v) is 4.05. The summed E-state index contributed by atoms with van der Waals surface area (Å²) in [6, 6.07) is 8.01. The van der Waals surface area contributed by atoms with Crippen LogP contribution in [0.5, 0.6) is 0 Å². The van der Waals surface area contributed by atoms with Gasteiger partial charge in [-0.2, -0.15) is 5.10 Å². The maximum Gasteiger partial charge on any atom is 0.345 e. The van der Waals surface area contributed by atoms with E-state index < -0.39 is 31.8 Å². The van der Waals surface area contributed by atoms with E-state index in [2.05, 4.69) is 10.5 Å². The Balaban J connectivity index is 1.99. The second-order valence-electron chi connectivity index (χ2n) is 5.95. The molecule has 13 nitrogen and oxygen atoms in total. The first kappa shape index (κ1) is 20.1. The van der Waals surface area contributed by atoms with Crippen molar-refractivity contribution >= 4 is 39.4 Å². The van der Waals surface area contributed by atoms with Gasteiger partial charge in [-0.05, 0) is 25.1 Å². The predicted molar refractivity (Wildman–Crippen MR) is 105 cm³/mol. The molecule has 0 bridgehead atoms. The van der Waals surface area contributed by atoms with Gasteiger partial charge < -0.3 is 4.42 Å². The van der Waals surface area contributed by atoms with E-state index in [0.717, 1.165) is 18.2 Å². The Morgan fingerprint density at radius 3 is 2.20 bits per heavy atom. The lowest BCUT2D eigenvalue weighted by atomic mass is 10.1. The van der Waals surface area contributed by atoms with Crippen LogP contribution in [-0.4, -0.2) is 20.5 Å². The molecular weight excluding hydrogens is 402 g/mol. The molecule has 0 saturated carbocycles. The number of hydrogen-bond acceptors (Lipinski definition) is 10. The first-order valence-corrected chi connectivity index (χ1v) is 8.13. The second-order valence-corrected chi connectivity index (χ2v) is 5.95. The largest absolute Gasteiger partial charge is 0.422 e. The number of nitrogens with one attached hydrogen (secondary N) is 1. The minimum Gasteiger partial charge on any atom is -0.422 e. The summed E-state index contributed by atoms with van der Waals surface area (Å²) >= 11 is 0. The zero-order chi connectivity index (χ0) is 22.0. The number of hydrogen-bond donors (Lipinski definition) is 1. The molecule has 0 fully saturated rings. The van der Waals surface area contributed by atoms with E-state index >= 15 is 0 Å². The van der Waals surface area contributed by atoms with Gasteiger partial charge in [0.1, 0.15) is 11.3 Å². The van der Waals surface area contributed by atoms with Gasteiger partial charge in [0, 0.05) is 23.6 Å². The Kier molecular flexibility index (Phi) is 5.18. The summed E-state index contributed by atoms with van der Waals surface area (Å²) in [5, 5.41) is 37.1. The fourth-order valence-electron chi connectivity index (χ4n) is 2.56. The summed E-state index contributed by atoms with van der Waals surface area (Å²) in [4.78, 5) is 42.9. The zero-order valence-electron chi connectivity index (χ0n) is 15.1. The minimum absolute atomic E-state index is 0.0277. The molecule has 13 heteroatoms. The van der Waals surface area contributed by atoms with Crippen molar-refractivity contribution in [3.63, 3.8) is 0 Å². The minimum atomic E-state index is -0.816. The van der Waals surface area contributed by atoms with Crippen LogP contribution in [0.1, 0.15) is 12.5 Å². The number of anilines is 1. The van der Waals surface area contributed by atoms with Crippen LogP contribution in [0.25, 0.3) is 11.0 Å². The highest BCUT2D eigenvalue weighted by molar-refractivity contribution is 6.01. The molecule has 30 heavy (non-hydrogen) atoms. The van der Waals surface area contributed by atoms with E-state index in [-0.39, 0.29) is 33.6 Å². The third kappa shape index (κ3) is 3.94. The molecular formula is C17H11N5O8. The van der Waals surface area contributed by atoms with Crippen molar-refractivity contribution in [1.29, 1.82) is 0 Å². The monoisotopic (exact) mass is 413 g/mol. The van der Waals surface area contributed by atoms with Crippen molar-refractivity contribution < 1.29 is 19.2 Å². The predicted octanol–water partition coefficient (Wildman–Crippen LogP) is 3.35. The van der Waals surface area contributed by atoms with Gasteiger partial charge in [-0.1, -0.05) is 0 Å². The van der Waals surface area contributed by atoms with Crippen molar-refractivity contribution in [2.45, 2.75) is 6.92 Å². The zero-order valence-corrected chi connectivity index (χ0v) is 15.1. The topological polar surface area (TPSA) is 184 Å². The van der Waals surface area contributed by atoms with Crippen molar-refractivity contribution in [3.8, 4) is 0 Å². The first-order valence-electron chi connectivity index (χ1n) is 8.13. The second kappa shape index (κ2) is 7.75. The van der Waals surface area contributed by atoms with Crippen molar-refractivity contribution in [2.24, 2.45) is 5.10 Å². The van der Waals surface area contributed by atoms with Crippen molar-refractivity contribution in [3.05, 3.63) is 88.8 Å². The molecule has 0 radical (unpaired) electrons. The Bertz CT molecular complexity index is 1300. The number of nitro benzene ring substituents is 3.